The van der Waals surface area contributed by atoms with Crippen LogP contribution in [0.15, 0.2) is 24.3 Å². The summed E-state index contributed by atoms with van der Waals surface area (Å²) in [6.45, 7) is 2.37. The Morgan fingerprint density at radius 1 is 1.20 bits per heavy atom. The Labute approximate surface area is 126 Å². The van der Waals surface area contributed by atoms with Gasteiger partial charge in [0, 0.05) is 0 Å². The van der Waals surface area contributed by atoms with Crippen LogP contribution in [0.1, 0.15) is 31.2 Å². The number of hydrogen-bond acceptors (Lipinski definition) is 3. The quantitative estimate of drug-likeness (QED) is 0.917. The lowest BCUT2D eigenvalue weighted by molar-refractivity contribution is 0.192. The van der Waals surface area contributed by atoms with E-state index in [2.05, 4.69) is 29.6 Å². The third kappa shape index (κ3) is 4.16. The molecule has 2 saturated heterocycles. The fourth-order valence-electron chi connectivity index (χ4n) is 3.16. The zero-order chi connectivity index (χ0) is 13.6. The van der Waals surface area contributed by atoms with E-state index in [1.54, 1.807) is 0 Å². The lowest BCUT2D eigenvalue weighted by Gasteiger charge is -2.24. The van der Waals surface area contributed by atoms with Crippen molar-refractivity contribution in [2.24, 2.45) is 5.92 Å². The molecular formula is C17H25NOS. The van der Waals surface area contributed by atoms with Gasteiger partial charge < -0.3 is 10.1 Å². The molecule has 0 saturated carbocycles. The third-order valence-electron chi connectivity index (χ3n) is 4.29. The Hall–Kier alpha value is -0.670. The van der Waals surface area contributed by atoms with Crippen molar-refractivity contribution < 1.29 is 4.74 Å². The van der Waals surface area contributed by atoms with Crippen LogP contribution in [0.25, 0.3) is 0 Å². The van der Waals surface area contributed by atoms with Crippen molar-refractivity contribution in [3.63, 3.8) is 0 Å². The Bertz CT molecular complexity index is 376. The smallest absolute Gasteiger partial charge is 0.119 e. The van der Waals surface area contributed by atoms with E-state index in [1.165, 1.54) is 62.3 Å². The average molecular weight is 291 g/mol. The van der Waals surface area contributed by atoms with Crippen LogP contribution in [0, 0.1) is 5.92 Å². The molecule has 0 aromatic heterocycles. The van der Waals surface area contributed by atoms with Gasteiger partial charge in [0.05, 0.1) is 0 Å². The maximum Gasteiger partial charge on any atom is 0.119 e. The van der Waals surface area contributed by atoms with E-state index in [1.807, 2.05) is 11.8 Å². The van der Waals surface area contributed by atoms with E-state index in [0.717, 1.165) is 11.7 Å². The lowest BCUT2D eigenvalue weighted by Crippen LogP contribution is -2.30. The SMILES string of the molecule is c1cc(CC2CCCNC2)cc(OC2CCSCC2)c1. The largest absolute Gasteiger partial charge is 0.490 e. The number of piperidine rings is 1. The average Bonchev–Trinajstić information content (AvgIpc) is 2.50. The molecule has 0 radical (unpaired) electrons. The number of thioether (sulfide) groups is 1. The molecule has 1 aromatic carbocycles. The van der Waals surface area contributed by atoms with Crippen LogP contribution in [0.5, 0.6) is 5.75 Å². The van der Waals surface area contributed by atoms with E-state index in [-0.39, 0.29) is 0 Å². The van der Waals surface area contributed by atoms with Crippen molar-refractivity contribution in [2.45, 2.75) is 38.2 Å². The Morgan fingerprint density at radius 2 is 2.10 bits per heavy atom. The van der Waals surface area contributed by atoms with Crippen LogP contribution in [-0.4, -0.2) is 30.7 Å². The highest BCUT2D eigenvalue weighted by Crippen LogP contribution is 2.24. The molecule has 3 rings (SSSR count). The molecule has 1 N–H and O–H groups in total. The summed E-state index contributed by atoms with van der Waals surface area (Å²) in [5.41, 5.74) is 1.43. The van der Waals surface area contributed by atoms with Crippen LogP contribution >= 0.6 is 11.8 Å². The van der Waals surface area contributed by atoms with Crippen molar-refractivity contribution in [1.82, 2.24) is 5.32 Å². The normalized spacial score (nSPS) is 24.5. The van der Waals surface area contributed by atoms with Gasteiger partial charge >= 0.3 is 0 Å². The molecule has 2 nitrogen and oxygen atoms in total. The van der Waals surface area contributed by atoms with Crippen molar-refractivity contribution in [3.8, 4) is 5.75 Å². The Morgan fingerprint density at radius 3 is 2.90 bits per heavy atom. The summed E-state index contributed by atoms with van der Waals surface area (Å²) in [6, 6.07) is 8.78. The first-order valence-corrected chi connectivity index (χ1v) is 9.10. The van der Waals surface area contributed by atoms with Gasteiger partial charge in [0.1, 0.15) is 11.9 Å². The van der Waals surface area contributed by atoms with Gasteiger partial charge in [0.2, 0.25) is 0 Å². The molecule has 0 aliphatic carbocycles. The molecule has 2 aliphatic rings. The minimum absolute atomic E-state index is 0.433. The predicted molar refractivity (Wildman–Crippen MR) is 86.7 cm³/mol. The van der Waals surface area contributed by atoms with Crippen molar-refractivity contribution in [2.75, 3.05) is 24.6 Å². The number of ether oxygens (including phenoxy) is 1. The van der Waals surface area contributed by atoms with E-state index < -0.39 is 0 Å². The van der Waals surface area contributed by atoms with Gasteiger partial charge in [0.15, 0.2) is 0 Å². The van der Waals surface area contributed by atoms with Gasteiger partial charge in [-0.2, -0.15) is 11.8 Å². The van der Waals surface area contributed by atoms with Crippen molar-refractivity contribution >= 4 is 11.8 Å². The fraction of sp³-hybridized carbons (Fsp3) is 0.647. The standard InChI is InChI=1S/C17H25NOS/c1-3-14(11-15-4-2-8-18-13-15)12-17(5-1)19-16-6-9-20-10-7-16/h1,3,5,12,15-16,18H,2,4,6-11,13H2. The van der Waals surface area contributed by atoms with Gasteiger partial charge in [-0.25, -0.2) is 0 Å². The molecule has 2 aliphatic heterocycles. The van der Waals surface area contributed by atoms with Crippen LogP contribution < -0.4 is 10.1 Å². The second-order valence-corrected chi connectivity index (χ2v) is 7.22. The molecule has 0 bridgehead atoms. The summed E-state index contributed by atoms with van der Waals surface area (Å²) < 4.78 is 6.16. The zero-order valence-electron chi connectivity index (χ0n) is 12.1. The third-order valence-corrected chi connectivity index (χ3v) is 5.34. The molecule has 1 atom stereocenters. The topological polar surface area (TPSA) is 21.3 Å². The molecule has 3 heteroatoms. The van der Waals surface area contributed by atoms with Gasteiger partial charge in [0.25, 0.3) is 0 Å². The number of benzene rings is 1. The first-order chi connectivity index (χ1) is 9.90. The highest BCUT2D eigenvalue weighted by Gasteiger charge is 2.16. The maximum absolute atomic E-state index is 6.16. The van der Waals surface area contributed by atoms with Crippen LogP contribution in [-0.2, 0) is 6.42 Å². The molecule has 1 aromatic rings. The van der Waals surface area contributed by atoms with Crippen molar-refractivity contribution in [3.05, 3.63) is 29.8 Å². The number of hydrogen-bond donors (Lipinski definition) is 1. The number of rotatable bonds is 4. The summed E-state index contributed by atoms with van der Waals surface area (Å²) in [5.74, 6) is 4.36. The highest BCUT2D eigenvalue weighted by molar-refractivity contribution is 7.99. The van der Waals surface area contributed by atoms with Crippen LogP contribution in [0.3, 0.4) is 0 Å². The molecule has 2 heterocycles. The highest BCUT2D eigenvalue weighted by atomic mass is 32.2. The van der Waals surface area contributed by atoms with Crippen LogP contribution in [0.2, 0.25) is 0 Å². The minimum atomic E-state index is 0.433. The molecule has 20 heavy (non-hydrogen) atoms. The van der Waals surface area contributed by atoms with Gasteiger partial charge in [-0.1, -0.05) is 12.1 Å². The number of nitrogens with one attached hydrogen (secondary N) is 1. The van der Waals surface area contributed by atoms with E-state index >= 15 is 0 Å². The summed E-state index contributed by atoms with van der Waals surface area (Å²) >= 11 is 2.05. The van der Waals surface area contributed by atoms with E-state index in [4.69, 9.17) is 4.74 Å². The summed E-state index contributed by atoms with van der Waals surface area (Å²) in [7, 11) is 0. The first-order valence-electron chi connectivity index (χ1n) is 7.94. The van der Waals surface area contributed by atoms with Crippen LogP contribution in [0.4, 0.5) is 0 Å². The second-order valence-electron chi connectivity index (χ2n) is 5.99. The molecular weight excluding hydrogens is 266 g/mol. The molecule has 1 unspecified atom stereocenters. The zero-order valence-corrected chi connectivity index (χ0v) is 13.0. The minimum Gasteiger partial charge on any atom is -0.490 e. The maximum atomic E-state index is 6.16. The van der Waals surface area contributed by atoms with Gasteiger partial charge in [-0.3, -0.25) is 0 Å². The molecule has 0 spiro atoms. The summed E-state index contributed by atoms with van der Waals surface area (Å²) in [6.07, 6.45) is 6.69. The summed E-state index contributed by atoms with van der Waals surface area (Å²) in [4.78, 5) is 0. The lowest BCUT2D eigenvalue weighted by atomic mass is 9.92. The molecule has 2 fully saturated rings. The molecule has 0 amide bonds. The van der Waals surface area contributed by atoms with E-state index in [0.29, 0.717) is 6.10 Å². The van der Waals surface area contributed by atoms with Gasteiger partial charge in [-0.15, -0.1) is 0 Å². The monoisotopic (exact) mass is 291 g/mol. The predicted octanol–water partition coefficient (Wildman–Crippen LogP) is 3.50. The first kappa shape index (κ1) is 14.3. The van der Waals surface area contributed by atoms with E-state index in [9.17, 15) is 0 Å². The summed E-state index contributed by atoms with van der Waals surface area (Å²) in [5, 5.41) is 3.50. The Balaban J connectivity index is 1.57. The van der Waals surface area contributed by atoms with Gasteiger partial charge in [-0.05, 0) is 80.3 Å². The second kappa shape index (κ2) is 7.37. The Kier molecular flexibility index (Phi) is 5.26. The van der Waals surface area contributed by atoms with Crippen molar-refractivity contribution in [1.29, 1.82) is 0 Å². The molecule has 110 valence electrons. The fourth-order valence-corrected chi connectivity index (χ4v) is 4.23.